The fraction of sp³-hybridized carbons (Fsp3) is 0.818. The molecule has 1 aromatic rings. The van der Waals surface area contributed by atoms with Crippen molar-refractivity contribution >= 4 is 18.2 Å². The number of nitrogens with zero attached hydrogens (tertiary/aromatic N) is 3. The number of nitrogens with one attached hydrogen (secondary N) is 1. The van der Waals surface area contributed by atoms with Gasteiger partial charge in [0.2, 0.25) is 5.95 Å². The first kappa shape index (κ1) is 11.6. The zero-order valence-corrected chi connectivity index (χ0v) is 10.9. The van der Waals surface area contributed by atoms with Crippen LogP contribution in [0.3, 0.4) is 0 Å². The van der Waals surface area contributed by atoms with Gasteiger partial charge in [0.25, 0.3) is 0 Å². The van der Waals surface area contributed by atoms with Crippen LogP contribution in [0.4, 0.5) is 5.95 Å². The molecule has 5 heteroatoms. The Labute approximate surface area is 102 Å². The van der Waals surface area contributed by atoms with Crippen LogP contribution in [0.15, 0.2) is 0 Å². The summed E-state index contributed by atoms with van der Waals surface area (Å²) in [6.45, 7) is 3.36. The summed E-state index contributed by atoms with van der Waals surface area (Å²) < 4.78 is 2.68. The van der Waals surface area contributed by atoms with Gasteiger partial charge in [-0.25, -0.2) is 5.10 Å². The van der Waals surface area contributed by atoms with Crippen molar-refractivity contribution in [3.8, 4) is 0 Å². The Hall–Kier alpha value is -0.840. The van der Waals surface area contributed by atoms with Crippen molar-refractivity contribution in [2.45, 2.75) is 45.1 Å². The van der Waals surface area contributed by atoms with Crippen LogP contribution >= 0.6 is 12.2 Å². The fourth-order valence-corrected chi connectivity index (χ4v) is 2.59. The van der Waals surface area contributed by atoms with Crippen molar-refractivity contribution < 1.29 is 0 Å². The van der Waals surface area contributed by atoms with Gasteiger partial charge in [0.05, 0.1) is 0 Å². The molecular weight excluding hydrogens is 220 g/mol. The zero-order chi connectivity index (χ0) is 11.5. The second-order valence-corrected chi connectivity index (χ2v) is 4.88. The van der Waals surface area contributed by atoms with Crippen LogP contribution in [0, 0.1) is 4.77 Å². The Balaban J connectivity index is 2.28. The van der Waals surface area contributed by atoms with E-state index in [1.54, 1.807) is 0 Å². The van der Waals surface area contributed by atoms with E-state index in [9.17, 15) is 0 Å². The number of aromatic amines is 1. The third kappa shape index (κ3) is 2.14. The second-order valence-electron chi connectivity index (χ2n) is 4.49. The van der Waals surface area contributed by atoms with Crippen LogP contribution in [-0.4, -0.2) is 27.4 Å². The molecule has 0 spiro atoms. The first-order valence-electron chi connectivity index (χ1n) is 6.12. The van der Waals surface area contributed by atoms with Crippen molar-refractivity contribution in [1.29, 1.82) is 0 Å². The number of rotatable bonds is 2. The van der Waals surface area contributed by atoms with Crippen LogP contribution in [0.5, 0.6) is 0 Å². The Bertz CT molecular complexity index is 395. The topological polar surface area (TPSA) is 36.9 Å². The highest BCUT2D eigenvalue weighted by Gasteiger charge is 2.22. The quantitative estimate of drug-likeness (QED) is 0.807. The number of anilines is 1. The molecule has 1 atom stereocenters. The zero-order valence-electron chi connectivity index (χ0n) is 10.1. The van der Waals surface area contributed by atoms with Gasteiger partial charge in [-0.1, -0.05) is 19.8 Å². The maximum absolute atomic E-state index is 5.17. The van der Waals surface area contributed by atoms with Gasteiger partial charge >= 0.3 is 0 Å². The summed E-state index contributed by atoms with van der Waals surface area (Å²) in [5.74, 6) is 0.999. The minimum atomic E-state index is 0.617. The molecule has 1 unspecified atom stereocenters. The summed E-state index contributed by atoms with van der Waals surface area (Å²) in [5, 5.41) is 7.22. The molecule has 1 fully saturated rings. The molecule has 0 aromatic carbocycles. The van der Waals surface area contributed by atoms with Crippen LogP contribution in [0.2, 0.25) is 0 Å². The van der Waals surface area contributed by atoms with Crippen LogP contribution < -0.4 is 4.90 Å². The van der Waals surface area contributed by atoms with Crippen LogP contribution in [-0.2, 0) is 7.05 Å². The largest absolute Gasteiger partial charge is 0.338 e. The van der Waals surface area contributed by atoms with Gasteiger partial charge in [0.15, 0.2) is 4.77 Å². The smallest absolute Gasteiger partial charge is 0.225 e. The summed E-state index contributed by atoms with van der Waals surface area (Å²) >= 11 is 5.17. The highest BCUT2D eigenvalue weighted by molar-refractivity contribution is 7.71. The van der Waals surface area contributed by atoms with Gasteiger partial charge in [-0.15, -0.1) is 5.10 Å². The van der Waals surface area contributed by atoms with E-state index >= 15 is 0 Å². The van der Waals surface area contributed by atoms with Crippen molar-refractivity contribution in [3.63, 3.8) is 0 Å². The number of hydrogen-bond donors (Lipinski definition) is 1. The van der Waals surface area contributed by atoms with Crippen molar-refractivity contribution in [3.05, 3.63) is 4.77 Å². The van der Waals surface area contributed by atoms with E-state index in [4.69, 9.17) is 12.2 Å². The lowest BCUT2D eigenvalue weighted by Gasteiger charge is -2.29. The van der Waals surface area contributed by atoms with E-state index in [1.807, 2.05) is 11.6 Å². The molecule has 1 saturated heterocycles. The molecule has 2 heterocycles. The van der Waals surface area contributed by atoms with Gasteiger partial charge in [-0.2, -0.15) is 0 Å². The van der Waals surface area contributed by atoms with Crippen molar-refractivity contribution in [1.82, 2.24) is 14.8 Å². The molecular formula is C11H20N4S. The lowest BCUT2D eigenvalue weighted by atomic mass is 10.1. The average molecular weight is 240 g/mol. The maximum atomic E-state index is 5.17. The van der Waals surface area contributed by atoms with Gasteiger partial charge in [-0.05, 0) is 31.5 Å². The maximum Gasteiger partial charge on any atom is 0.225 e. The molecule has 1 aromatic heterocycles. The van der Waals surface area contributed by atoms with E-state index < -0.39 is 0 Å². The number of H-pyrrole nitrogens is 1. The number of aromatic nitrogens is 3. The van der Waals surface area contributed by atoms with Gasteiger partial charge in [-0.3, -0.25) is 4.57 Å². The molecule has 1 aliphatic heterocycles. The summed E-state index contributed by atoms with van der Waals surface area (Å²) in [6, 6.07) is 0.617. The van der Waals surface area contributed by atoms with E-state index in [0.717, 1.165) is 12.5 Å². The first-order valence-corrected chi connectivity index (χ1v) is 6.53. The summed E-state index contributed by atoms with van der Waals surface area (Å²) in [5.41, 5.74) is 0. The SMILES string of the molecule is CCC1CCCCCN1c1n[nH]c(=S)n1C. The predicted molar refractivity (Wildman–Crippen MR) is 68.3 cm³/mol. The first-order chi connectivity index (χ1) is 7.74. The Morgan fingerprint density at radius 2 is 2.25 bits per heavy atom. The lowest BCUT2D eigenvalue weighted by molar-refractivity contribution is 0.541. The summed E-state index contributed by atoms with van der Waals surface area (Å²) in [6.07, 6.45) is 6.39. The van der Waals surface area contributed by atoms with E-state index in [-0.39, 0.29) is 0 Å². The van der Waals surface area contributed by atoms with Crippen molar-refractivity contribution in [2.75, 3.05) is 11.4 Å². The molecule has 0 saturated carbocycles. The average Bonchev–Trinajstić information content (AvgIpc) is 2.54. The lowest BCUT2D eigenvalue weighted by Crippen LogP contribution is -2.36. The fourth-order valence-electron chi connectivity index (χ4n) is 2.46. The van der Waals surface area contributed by atoms with Gasteiger partial charge in [0, 0.05) is 19.6 Å². The van der Waals surface area contributed by atoms with E-state index in [0.29, 0.717) is 10.8 Å². The molecule has 2 rings (SSSR count). The van der Waals surface area contributed by atoms with E-state index in [1.165, 1.54) is 32.1 Å². The second kappa shape index (κ2) is 4.99. The monoisotopic (exact) mass is 240 g/mol. The van der Waals surface area contributed by atoms with Crippen LogP contribution in [0.25, 0.3) is 0 Å². The van der Waals surface area contributed by atoms with E-state index in [2.05, 4.69) is 22.0 Å². The molecule has 1 N–H and O–H groups in total. The molecule has 0 radical (unpaired) electrons. The minimum absolute atomic E-state index is 0.617. The summed E-state index contributed by atoms with van der Waals surface area (Å²) in [7, 11) is 1.98. The molecule has 4 nitrogen and oxygen atoms in total. The normalized spacial score (nSPS) is 22.1. The van der Waals surface area contributed by atoms with Crippen molar-refractivity contribution in [2.24, 2.45) is 7.05 Å². The Kier molecular flexibility index (Phi) is 3.63. The minimum Gasteiger partial charge on any atom is -0.338 e. The Morgan fingerprint density at radius 1 is 1.44 bits per heavy atom. The predicted octanol–water partition coefficient (Wildman–Crippen LogP) is 2.64. The highest BCUT2D eigenvalue weighted by atomic mass is 32.1. The highest BCUT2D eigenvalue weighted by Crippen LogP contribution is 2.23. The summed E-state index contributed by atoms with van der Waals surface area (Å²) in [4.78, 5) is 2.42. The molecule has 0 aliphatic carbocycles. The Morgan fingerprint density at radius 3 is 2.88 bits per heavy atom. The molecule has 90 valence electrons. The van der Waals surface area contributed by atoms with Crippen LogP contribution in [0.1, 0.15) is 39.0 Å². The standard InChI is InChI=1S/C11H20N4S/c1-3-9-7-5-4-6-8-15(9)10-12-13-11(16)14(10)2/h9H,3-8H2,1-2H3,(H,13,16). The van der Waals surface area contributed by atoms with Gasteiger partial charge < -0.3 is 4.90 Å². The molecule has 16 heavy (non-hydrogen) atoms. The molecule has 0 bridgehead atoms. The number of hydrogen-bond acceptors (Lipinski definition) is 3. The van der Waals surface area contributed by atoms with Gasteiger partial charge in [0.1, 0.15) is 0 Å². The third-order valence-corrected chi connectivity index (χ3v) is 3.83. The molecule has 0 amide bonds. The molecule has 1 aliphatic rings. The third-order valence-electron chi connectivity index (χ3n) is 3.46.